The van der Waals surface area contributed by atoms with Crippen LogP contribution in [0.5, 0.6) is 0 Å². The van der Waals surface area contributed by atoms with Crippen molar-refractivity contribution in [2.75, 3.05) is 12.3 Å². The van der Waals surface area contributed by atoms with Gasteiger partial charge in [0, 0.05) is 36.0 Å². The van der Waals surface area contributed by atoms with Crippen molar-refractivity contribution >= 4 is 35.2 Å². The Kier molecular flexibility index (Phi) is 10.1. The summed E-state index contributed by atoms with van der Waals surface area (Å²) in [6.45, 7) is 4.77. The van der Waals surface area contributed by atoms with E-state index in [1.54, 1.807) is 16.7 Å². The SMILES string of the molecule is CCNC(=O)[C@H](CC)N(Cc1ccc(Cl)cc1)C(=O)CCSCc1ccccc1. The zero-order valence-corrected chi connectivity index (χ0v) is 18.6. The second-order valence-electron chi connectivity index (χ2n) is 6.75. The third-order valence-electron chi connectivity index (χ3n) is 4.57. The summed E-state index contributed by atoms with van der Waals surface area (Å²) in [5, 5.41) is 3.51. The van der Waals surface area contributed by atoms with Crippen LogP contribution in [-0.4, -0.2) is 35.1 Å². The molecule has 0 heterocycles. The lowest BCUT2D eigenvalue weighted by atomic mass is 10.1. The molecule has 0 fully saturated rings. The van der Waals surface area contributed by atoms with Crippen LogP contribution in [0.15, 0.2) is 54.6 Å². The maximum Gasteiger partial charge on any atom is 0.242 e. The Morgan fingerprint density at radius 2 is 1.72 bits per heavy atom. The van der Waals surface area contributed by atoms with Crippen LogP contribution in [0, 0.1) is 0 Å². The van der Waals surface area contributed by atoms with Crippen molar-refractivity contribution in [1.29, 1.82) is 0 Å². The Balaban J connectivity index is 2.02. The number of thioether (sulfide) groups is 1. The van der Waals surface area contributed by atoms with Gasteiger partial charge in [0.1, 0.15) is 6.04 Å². The van der Waals surface area contributed by atoms with Gasteiger partial charge in [-0.3, -0.25) is 9.59 Å². The quantitative estimate of drug-likeness (QED) is 0.513. The highest BCUT2D eigenvalue weighted by Gasteiger charge is 2.27. The first-order valence-corrected chi connectivity index (χ1v) is 11.5. The van der Waals surface area contributed by atoms with Crippen molar-refractivity contribution < 1.29 is 9.59 Å². The standard InChI is InChI=1S/C23H29ClN2O2S/c1-3-21(23(28)25-4-2)26(16-18-10-12-20(24)13-11-18)22(27)14-15-29-17-19-8-6-5-7-9-19/h5-13,21H,3-4,14-17H2,1-2H3,(H,25,28)/t21-/m0/s1. The first kappa shape index (κ1) is 23.3. The van der Waals surface area contributed by atoms with Gasteiger partial charge in [0.25, 0.3) is 0 Å². The van der Waals surface area contributed by atoms with Crippen LogP contribution in [0.3, 0.4) is 0 Å². The number of hydrogen-bond donors (Lipinski definition) is 1. The van der Waals surface area contributed by atoms with Crippen LogP contribution in [0.1, 0.15) is 37.8 Å². The molecule has 0 saturated heterocycles. The summed E-state index contributed by atoms with van der Waals surface area (Å²) in [5.74, 6) is 1.49. The fourth-order valence-electron chi connectivity index (χ4n) is 3.07. The molecule has 2 amide bonds. The number of carbonyl (C=O) groups excluding carboxylic acids is 2. The number of carbonyl (C=O) groups is 2. The predicted molar refractivity (Wildman–Crippen MR) is 122 cm³/mol. The van der Waals surface area contributed by atoms with E-state index < -0.39 is 6.04 Å². The molecule has 0 aliphatic heterocycles. The molecular weight excluding hydrogens is 404 g/mol. The lowest BCUT2D eigenvalue weighted by molar-refractivity contribution is -0.141. The van der Waals surface area contributed by atoms with E-state index in [9.17, 15) is 9.59 Å². The van der Waals surface area contributed by atoms with Crippen LogP contribution in [0.4, 0.5) is 0 Å². The Morgan fingerprint density at radius 3 is 2.34 bits per heavy atom. The maximum absolute atomic E-state index is 13.0. The van der Waals surface area contributed by atoms with Crippen molar-refractivity contribution in [2.24, 2.45) is 0 Å². The van der Waals surface area contributed by atoms with Gasteiger partial charge in [-0.2, -0.15) is 11.8 Å². The molecule has 0 spiro atoms. The van der Waals surface area contributed by atoms with Crippen molar-refractivity contribution in [1.82, 2.24) is 10.2 Å². The molecule has 0 radical (unpaired) electrons. The fraction of sp³-hybridized carbons (Fsp3) is 0.391. The third kappa shape index (κ3) is 7.75. The second kappa shape index (κ2) is 12.6. The number of nitrogens with zero attached hydrogens (tertiary/aromatic N) is 1. The van der Waals surface area contributed by atoms with E-state index >= 15 is 0 Å². The summed E-state index contributed by atoms with van der Waals surface area (Å²) in [5.41, 5.74) is 2.21. The number of amides is 2. The summed E-state index contributed by atoms with van der Waals surface area (Å²) in [4.78, 5) is 27.3. The summed E-state index contributed by atoms with van der Waals surface area (Å²) < 4.78 is 0. The Hall–Kier alpha value is -1.98. The molecule has 0 aromatic heterocycles. The summed E-state index contributed by atoms with van der Waals surface area (Å²) >= 11 is 7.71. The van der Waals surface area contributed by atoms with Gasteiger partial charge in [0.2, 0.25) is 11.8 Å². The zero-order valence-electron chi connectivity index (χ0n) is 17.1. The van der Waals surface area contributed by atoms with E-state index in [4.69, 9.17) is 11.6 Å². The highest BCUT2D eigenvalue weighted by atomic mass is 35.5. The van der Waals surface area contributed by atoms with Gasteiger partial charge in [-0.25, -0.2) is 0 Å². The van der Waals surface area contributed by atoms with Crippen LogP contribution in [0.25, 0.3) is 0 Å². The van der Waals surface area contributed by atoms with E-state index in [1.165, 1.54) is 5.56 Å². The van der Waals surface area contributed by atoms with E-state index in [1.807, 2.05) is 56.3 Å². The lowest BCUT2D eigenvalue weighted by Crippen LogP contribution is -2.49. The van der Waals surface area contributed by atoms with E-state index in [0.29, 0.717) is 31.0 Å². The second-order valence-corrected chi connectivity index (χ2v) is 8.30. The van der Waals surface area contributed by atoms with Gasteiger partial charge >= 0.3 is 0 Å². The van der Waals surface area contributed by atoms with E-state index in [-0.39, 0.29) is 11.8 Å². The molecule has 6 heteroatoms. The lowest BCUT2D eigenvalue weighted by Gasteiger charge is -2.30. The highest BCUT2D eigenvalue weighted by Crippen LogP contribution is 2.18. The van der Waals surface area contributed by atoms with Crippen LogP contribution in [0.2, 0.25) is 5.02 Å². The largest absolute Gasteiger partial charge is 0.355 e. The fourth-order valence-corrected chi connectivity index (χ4v) is 4.08. The van der Waals surface area contributed by atoms with Gasteiger partial charge in [-0.15, -0.1) is 0 Å². The number of benzene rings is 2. The maximum atomic E-state index is 13.0. The normalized spacial score (nSPS) is 11.7. The number of nitrogens with one attached hydrogen (secondary N) is 1. The van der Waals surface area contributed by atoms with Crippen LogP contribution < -0.4 is 5.32 Å². The molecule has 0 aliphatic rings. The van der Waals surface area contributed by atoms with Crippen LogP contribution in [-0.2, 0) is 21.9 Å². The number of halogens is 1. The minimum Gasteiger partial charge on any atom is -0.355 e. The monoisotopic (exact) mass is 432 g/mol. The Bertz CT molecular complexity index is 768. The van der Waals surface area contributed by atoms with Gasteiger partial charge in [0.15, 0.2) is 0 Å². The smallest absolute Gasteiger partial charge is 0.242 e. The van der Waals surface area contributed by atoms with Crippen molar-refractivity contribution in [3.8, 4) is 0 Å². The van der Waals surface area contributed by atoms with Gasteiger partial charge in [-0.1, -0.05) is 61.0 Å². The van der Waals surface area contributed by atoms with Gasteiger partial charge in [-0.05, 0) is 36.6 Å². The minimum absolute atomic E-state index is 0.00128. The number of rotatable bonds is 11. The molecule has 0 unspecified atom stereocenters. The molecule has 29 heavy (non-hydrogen) atoms. The van der Waals surface area contributed by atoms with Crippen molar-refractivity contribution in [3.63, 3.8) is 0 Å². The number of hydrogen-bond acceptors (Lipinski definition) is 3. The molecule has 2 aromatic carbocycles. The van der Waals surface area contributed by atoms with E-state index in [0.717, 1.165) is 17.1 Å². The molecule has 0 saturated carbocycles. The third-order valence-corrected chi connectivity index (χ3v) is 5.86. The molecule has 1 N–H and O–H groups in total. The highest BCUT2D eigenvalue weighted by molar-refractivity contribution is 7.98. The molecular formula is C23H29ClN2O2S. The molecule has 156 valence electrons. The molecule has 0 aliphatic carbocycles. The zero-order chi connectivity index (χ0) is 21.1. The molecule has 1 atom stereocenters. The first-order valence-electron chi connectivity index (χ1n) is 9.98. The molecule has 4 nitrogen and oxygen atoms in total. The summed E-state index contributed by atoms with van der Waals surface area (Å²) in [7, 11) is 0. The topological polar surface area (TPSA) is 49.4 Å². The van der Waals surface area contributed by atoms with Crippen LogP contribution >= 0.6 is 23.4 Å². The summed E-state index contributed by atoms with van der Waals surface area (Å²) in [6.07, 6.45) is 0.976. The molecule has 2 rings (SSSR count). The molecule has 0 bridgehead atoms. The first-order chi connectivity index (χ1) is 14.0. The average molecular weight is 433 g/mol. The summed E-state index contributed by atoms with van der Waals surface area (Å²) in [6, 6.07) is 17.2. The predicted octanol–water partition coefficient (Wildman–Crippen LogP) is 4.91. The molecule has 2 aromatic rings. The van der Waals surface area contributed by atoms with Gasteiger partial charge in [0.05, 0.1) is 0 Å². The Morgan fingerprint density at radius 1 is 1.03 bits per heavy atom. The average Bonchev–Trinajstić information content (AvgIpc) is 2.73. The van der Waals surface area contributed by atoms with E-state index in [2.05, 4.69) is 17.4 Å². The van der Waals surface area contributed by atoms with Gasteiger partial charge < -0.3 is 10.2 Å². The van der Waals surface area contributed by atoms with Crippen molar-refractivity contribution in [2.45, 2.75) is 45.0 Å². The Labute approximate surface area is 183 Å². The van der Waals surface area contributed by atoms with Crippen molar-refractivity contribution in [3.05, 3.63) is 70.7 Å². The number of likely N-dealkylation sites (N-methyl/N-ethyl adjacent to an activating group) is 1. The minimum atomic E-state index is -0.475.